The Labute approximate surface area is 163 Å². The molecular formula is C24H37Br. The standard InChI is InChI=1S/C24H37Br/c25-18-8-5-7-17(14-18)23-15-24-19-9-2-1-6-16(19)12-13-22(24)20-10-3-4-11-21(20)23/h3,10,16-24H,1-2,4-9,11-15H2. The Morgan fingerprint density at radius 3 is 2.36 bits per heavy atom. The van der Waals surface area contributed by atoms with Gasteiger partial charge in [-0.2, -0.15) is 0 Å². The maximum atomic E-state index is 3.99. The number of hydrogen-bond acceptors (Lipinski definition) is 0. The average molecular weight is 405 g/mol. The normalized spacial score (nSPS) is 52.8. The quantitative estimate of drug-likeness (QED) is 0.315. The van der Waals surface area contributed by atoms with Gasteiger partial charge in [-0.25, -0.2) is 0 Å². The van der Waals surface area contributed by atoms with Crippen molar-refractivity contribution >= 4 is 15.9 Å². The monoisotopic (exact) mass is 404 g/mol. The van der Waals surface area contributed by atoms with Crippen LogP contribution in [0.1, 0.15) is 83.5 Å². The molecule has 0 amide bonds. The second kappa shape index (κ2) is 7.33. The van der Waals surface area contributed by atoms with Crippen LogP contribution >= 0.6 is 15.9 Å². The lowest BCUT2D eigenvalue weighted by molar-refractivity contribution is -0.0617. The number of rotatable bonds is 1. The van der Waals surface area contributed by atoms with E-state index in [2.05, 4.69) is 28.1 Å². The number of hydrogen-bond donors (Lipinski definition) is 0. The van der Waals surface area contributed by atoms with E-state index in [4.69, 9.17) is 0 Å². The molecule has 25 heavy (non-hydrogen) atoms. The van der Waals surface area contributed by atoms with Crippen LogP contribution in [0.15, 0.2) is 12.2 Å². The summed E-state index contributed by atoms with van der Waals surface area (Å²) in [5.41, 5.74) is 0. The summed E-state index contributed by atoms with van der Waals surface area (Å²) in [7, 11) is 0. The fraction of sp³-hybridized carbons (Fsp3) is 0.917. The Balaban J connectivity index is 1.43. The van der Waals surface area contributed by atoms with Gasteiger partial charge in [-0.15, -0.1) is 0 Å². The van der Waals surface area contributed by atoms with Gasteiger partial charge >= 0.3 is 0 Å². The fourth-order valence-electron chi connectivity index (χ4n) is 8.35. The summed E-state index contributed by atoms with van der Waals surface area (Å²) in [6, 6.07) is 0. The first-order valence-corrected chi connectivity index (χ1v) is 12.5. The summed E-state index contributed by atoms with van der Waals surface area (Å²) in [5.74, 6) is 8.43. The molecule has 5 aliphatic carbocycles. The SMILES string of the molecule is BrC1CCCC(C2CC3C4CCCCC4CCC3C3C=CCCC32)C1. The van der Waals surface area contributed by atoms with Crippen LogP contribution in [0.3, 0.4) is 0 Å². The first kappa shape index (κ1) is 17.3. The fourth-order valence-corrected chi connectivity index (χ4v) is 9.15. The van der Waals surface area contributed by atoms with Gasteiger partial charge in [0.25, 0.3) is 0 Å². The van der Waals surface area contributed by atoms with Crippen LogP contribution in [0.5, 0.6) is 0 Å². The molecule has 5 rings (SSSR count). The van der Waals surface area contributed by atoms with Crippen molar-refractivity contribution < 1.29 is 0 Å². The van der Waals surface area contributed by atoms with Crippen molar-refractivity contribution in [2.75, 3.05) is 0 Å². The van der Waals surface area contributed by atoms with Crippen molar-refractivity contribution in [3.05, 3.63) is 12.2 Å². The summed E-state index contributed by atoms with van der Waals surface area (Å²) in [4.78, 5) is 0.815. The Kier molecular flexibility index (Phi) is 5.08. The molecule has 0 radical (unpaired) electrons. The van der Waals surface area contributed by atoms with Gasteiger partial charge in [-0.3, -0.25) is 0 Å². The Morgan fingerprint density at radius 2 is 1.44 bits per heavy atom. The Bertz CT molecular complexity index is 496. The summed E-state index contributed by atoms with van der Waals surface area (Å²) < 4.78 is 0. The molecule has 0 nitrogen and oxygen atoms in total. The van der Waals surface area contributed by atoms with E-state index in [1.165, 1.54) is 51.4 Å². The second-order valence-corrected chi connectivity index (χ2v) is 11.6. The maximum Gasteiger partial charge on any atom is 0.0148 e. The molecule has 140 valence electrons. The molecule has 4 fully saturated rings. The maximum absolute atomic E-state index is 3.99. The second-order valence-electron chi connectivity index (χ2n) is 10.3. The molecule has 0 aliphatic heterocycles. The van der Waals surface area contributed by atoms with E-state index >= 15 is 0 Å². The van der Waals surface area contributed by atoms with Gasteiger partial charge in [0.2, 0.25) is 0 Å². The van der Waals surface area contributed by atoms with Gasteiger partial charge < -0.3 is 0 Å². The minimum absolute atomic E-state index is 0.815. The first-order valence-electron chi connectivity index (χ1n) is 11.6. The van der Waals surface area contributed by atoms with Crippen molar-refractivity contribution in [1.29, 1.82) is 0 Å². The van der Waals surface area contributed by atoms with Crippen LogP contribution in [0.25, 0.3) is 0 Å². The van der Waals surface area contributed by atoms with E-state index in [0.717, 1.165) is 52.2 Å². The molecule has 0 spiro atoms. The molecule has 0 N–H and O–H groups in total. The Hall–Kier alpha value is 0.220. The van der Waals surface area contributed by atoms with Crippen LogP contribution in [0.4, 0.5) is 0 Å². The molecular weight excluding hydrogens is 368 g/mol. The minimum Gasteiger partial charge on any atom is -0.0891 e. The third-order valence-electron chi connectivity index (χ3n) is 9.30. The molecule has 5 aliphatic rings. The molecule has 9 unspecified atom stereocenters. The summed E-state index contributed by atoms with van der Waals surface area (Å²) in [5, 5.41) is 0. The van der Waals surface area contributed by atoms with Gasteiger partial charge in [0.1, 0.15) is 0 Å². The number of alkyl halides is 1. The van der Waals surface area contributed by atoms with E-state index in [-0.39, 0.29) is 0 Å². The van der Waals surface area contributed by atoms with Crippen LogP contribution in [0, 0.1) is 47.3 Å². The van der Waals surface area contributed by atoms with Crippen LogP contribution in [0.2, 0.25) is 0 Å². The molecule has 4 saturated carbocycles. The average Bonchev–Trinajstić information content (AvgIpc) is 2.67. The van der Waals surface area contributed by atoms with Crippen molar-refractivity contribution in [3.63, 3.8) is 0 Å². The zero-order chi connectivity index (χ0) is 16.8. The Morgan fingerprint density at radius 1 is 0.600 bits per heavy atom. The summed E-state index contributed by atoms with van der Waals surface area (Å²) >= 11 is 3.99. The highest BCUT2D eigenvalue weighted by molar-refractivity contribution is 9.09. The van der Waals surface area contributed by atoms with Gasteiger partial charge in [0.05, 0.1) is 0 Å². The van der Waals surface area contributed by atoms with Gasteiger partial charge in [-0.1, -0.05) is 60.2 Å². The third kappa shape index (κ3) is 3.19. The minimum atomic E-state index is 0.815. The predicted octanol–water partition coefficient (Wildman–Crippen LogP) is 7.38. The number of fused-ring (bicyclic) bond motifs is 5. The van der Waals surface area contributed by atoms with E-state index < -0.39 is 0 Å². The molecule has 0 aromatic heterocycles. The van der Waals surface area contributed by atoms with Crippen LogP contribution in [-0.4, -0.2) is 4.83 Å². The molecule has 0 bridgehead atoms. The summed E-state index contributed by atoms with van der Waals surface area (Å²) in [6.07, 6.45) is 25.0. The van der Waals surface area contributed by atoms with Crippen molar-refractivity contribution in [2.45, 2.75) is 88.3 Å². The molecule has 9 atom stereocenters. The lowest BCUT2D eigenvalue weighted by Gasteiger charge is -2.57. The predicted molar refractivity (Wildman–Crippen MR) is 110 cm³/mol. The number of allylic oxidation sites excluding steroid dienone is 2. The highest BCUT2D eigenvalue weighted by Gasteiger charge is 2.51. The largest absolute Gasteiger partial charge is 0.0891 e. The zero-order valence-corrected chi connectivity index (χ0v) is 17.5. The highest BCUT2D eigenvalue weighted by Crippen LogP contribution is 2.59. The molecule has 1 heteroatoms. The third-order valence-corrected chi connectivity index (χ3v) is 10.1. The zero-order valence-electron chi connectivity index (χ0n) is 15.9. The van der Waals surface area contributed by atoms with Crippen molar-refractivity contribution in [3.8, 4) is 0 Å². The smallest absolute Gasteiger partial charge is 0.0148 e. The van der Waals surface area contributed by atoms with Gasteiger partial charge in [-0.05, 0) is 98.7 Å². The number of halogens is 1. The van der Waals surface area contributed by atoms with Crippen LogP contribution < -0.4 is 0 Å². The molecule has 0 aromatic rings. The van der Waals surface area contributed by atoms with Gasteiger partial charge in [0, 0.05) is 4.83 Å². The van der Waals surface area contributed by atoms with E-state index in [9.17, 15) is 0 Å². The van der Waals surface area contributed by atoms with Crippen molar-refractivity contribution in [2.24, 2.45) is 47.3 Å². The molecule has 0 aromatic carbocycles. The van der Waals surface area contributed by atoms with Crippen LogP contribution in [-0.2, 0) is 0 Å². The highest BCUT2D eigenvalue weighted by atomic mass is 79.9. The topological polar surface area (TPSA) is 0 Å². The summed E-state index contributed by atoms with van der Waals surface area (Å²) in [6.45, 7) is 0. The molecule has 0 saturated heterocycles. The lowest BCUT2D eigenvalue weighted by atomic mass is 9.48. The van der Waals surface area contributed by atoms with E-state index in [1.807, 2.05) is 0 Å². The first-order chi connectivity index (χ1) is 12.3. The van der Waals surface area contributed by atoms with E-state index in [0.29, 0.717) is 0 Å². The molecule has 0 heterocycles. The van der Waals surface area contributed by atoms with Gasteiger partial charge in [0.15, 0.2) is 0 Å². The lowest BCUT2D eigenvalue weighted by Crippen LogP contribution is -2.49. The van der Waals surface area contributed by atoms with E-state index in [1.54, 1.807) is 32.1 Å². The van der Waals surface area contributed by atoms with Crippen molar-refractivity contribution in [1.82, 2.24) is 0 Å².